The van der Waals surface area contributed by atoms with E-state index in [1.807, 2.05) is 22.9 Å². The van der Waals surface area contributed by atoms with Crippen molar-refractivity contribution in [1.29, 1.82) is 0 Å². The molecule has 126 valence electrons. The predicted octanol–water partition coefficient (Wildman–Crippen LogP) is 0.964. The highest BCUT2D eigenvalue weighted by Gasteiger charge is 2.15. The Morgan fingerprint density at radius 1 is 1.29 bits per heavy atom. The number of carbonyl (C=O) groups is 1. The summed E-state index contributed by atoms with van der Waals surface area (Å²) in [6.45, 7) is 3.46. The highest BCUT2D eigenvalue weighted by atomic mass is 16.7. The number of amides is 1. The molecule has 0 saturated heterocycles. The topological polar surface area (TPSA) is 77.4 Å². The molecule has 0 fully saturated rings. The molecule has 0 atom stereocenters. The van der Waals surface area contributed by atoms with E-state index in [0.717, 1.165) is 43.1 Å². The van der Waals surface area contributed by atoms with Crippen molar-refractivity contribution in [2.75, 3.05) is 13.3 Å². The van der Waals surface area contributed by atoms with E-state index in [9.17, 15) is 4.79 Å². The second-order valence-corrected chi connectivity index (χ2v) is 6.02. The van der Waals surface area contributed by atoms with E-state index in [-0.39, 0.29) is 12.7 Å². The Bertz CT molecular complexity index is 733. The standard InChI is InChI=1S/C17H20N4O3/c22-17(7-12-2-3-15-16(6-12)24-11-23-15)19-9-13-8-14-10-18-4-1-5-21(14)20-13/h2-3,6,8,18H,1,4-5,7,9-11H2,(H,19,22). The number of rotatable bonds is 4. The van der Waals surface area contributed by atoms with E-state index in [4.69, 9.17) is 9.47 Å². The summed E-state index contributed by atoms with van der Waals surface area (Å²) < 4.78 is 12.6. The van der Waals surface area contributed by atoms with Gasteiger partial charge in [0.2, 0.25) is 12.7 Å². The molecule has 2 N–H and O–H groups in total. The molecular weight excluding hydrogens is 308 g/mol. The molecule has 3 heterocycles. The number of aromatic nitrogens is 2. The minimum Gasteiger partial charge on any atom is -0.454 e. The molecule has 24 heavy (non-hydrogen) atoms. The van der Waals surface area contributed by atoms with Crippen LogP contribution in [0, 0.1) is 0 Å². The van der Waals surface area contributed by atoms with Crippen LogP contribution in [-0.2, 0) is 30.8 Å². The van der Waals surface area contributed by atoms with E-state index in [0.29, 0.717) is 18.7 Å². The zero-order valence-electron chi connectivity index (χ0n) is 13.4. The van der Waals surface area contributed by atoms with Crippen molar-refractivity contribution in [3.8, 4) is 11.5 Å². The maximum Gasteiger partial charge on any atom is 0.231 e. The third-order valence-corrected chi connectivity index (χ3v) is 4.21. The van der Waals surface area contributed by atoms with Gasteiger partial charge in [0.15, 0.2) is 11.5 Å². The van der Waals surface area contributed by atoms with Gasteiger partial charge in [0, 0.05) is 13.1 Å². The van der Waals surface area contributed by atoms with E-state index < -0.39 is 0 Å². The molecule has 7 heteroatoms. The molecule has 2 aliphatic rings. The summed E-state index contributed by atoms with van der Waals surface area (Å²) in [4.78, 5) is 12.2. The summed E-state index contributed by atoms with van der Waals surface area (Å²) in [5.74, 6) is 1.40. The van der Waals surface area contributed by atoms with Crippen LogP contribution in [0.25, 0.3) is 0 Å². The van der Waals surface area contributed by atoms with Gasteiger partial charge < -0.3 is 20.1 Å². The Morgan fingerprint density at radius 2 is 2.21 bits per heavy atom. The first-order chi connectivity index (χ1) is 11.8. The lowest BCUT2D eigenvalue weighted by Gasteiger charge is -2.05. The first-order valence-corrected chi connectivity index (χ1v) is 8.19. The number of benzene rings is 1. The number of hydrogen-bond donors (Lipinski definition) is 2. The molecule has 2 aromatic rings. The van der Waals surface area contributed by atoms with Gasteiger partial charge >= 0.3 is 0 Å². The lowest BCUT2D eigenvalue weighted by molar-refractivity contribution is -0.120. The van der Waals surface area contributed by atoms with Crippen LogP contribution in [-0.4, -0.2) is 29.0 Å². The molecular formula is C17H20N4O3. The number of nitrogens with one attached hydrogen (secondary N) is 2. The summed E-state index contributed by atoms with van der Waals surface area (Å²) >= 11 is 0. The molecule has 1 aromatic carbocycles. The molecule has 0 spiro atoms. The van der Waals surface area contributed by atoms with Gasteiger partial charge in [-0.05, 0) is 36.7 Å². The molecule has 7 nitrogen and oxygen atoms in total. The molecule has 4 rings (SSSR count). The Labute approximate surface area is 139 Å². The molecule has 0 unspecified atom stereocenters. The number of ether oxygens (including phenoxy) is 2. The fourth-order valence-electron chi connectivity index (χ4n) is 3.00. The molecule has 1 aromatic heterocycles. The van der Waals surface area contributed by atoms with Gasteiger partial charge in [-0.1, -0.05) is 6.07 Å². The quantitative estimate of drug-likeness (QED) is 0.874. The van der Waals surface area contributed by atoms with Gasteiger partial charge in [-0.25, -0.2) is 0 Å². The van der Waals surface area contributed by atoms with E-state index >= 15 is 0 Å². The molecule has 1 amide bonds. The summed E-state index contributed by atoms with van der Waals surface area (Å²) in [5.41, 5.74) is 2.97. The second-order valence-electron chi connectivity index (χ2n) is 6.02. The van der Waals surface area contributed by atoms with Crippen LogP contribution in [0.1, 0.15) is 23.4 Å². The van der Waals surface area contributed by atoms with Gasteiger partial charge in [0.05, 0.1) is 24.4 Å². The summed E-state index contributed by atoms with van der Waals surface area (Å²) in [7, 11) is 0. The van der Waals surface area contributed by atoms with Crippen LogP contribution >= 0.6 is 0 Å². The van der Waals surface area contributed by atoms with Crippen LogP contribution in [0.4, 0.5) is 0 Å². The Balaban J connectivity index is 1.33. The molecule has 0 aliphatic carbocycles. The normalized spacial score (nSPS) is 15.7. The van der Waals surface area contributed by atoms with Crippen LogP contribution in [0.3, 0.4) is 0 Å². The second kappa shape index (κ2) is 6.52. The van der Waals surface area contributed by atoms with Crippen LogP contribution < -0.4 is 20.1 Å². The maximum absolute atomic E-state index is 12.2. The third kappa shape index (κ3) is 3.21. The van der Waals surface area contributed by atoms with Gasteiger partial charge in [-0.3, -0.25) is 9.48 Å². The predicted molar refractivity (Wildman–Crippen MR) is 86.7 cm³/mol. The first-order valence-electron chi connectivity index (χ1n) is 8.19. The van der Waals surface area contributed by atoms with Crippen molar-refractivity contribution in [3.63, 3.8) is 0 Å². The van der Waals surface area contributed by atoms with Crippen molar-refractivity contribution in [2.45, 2.75) is 32.5 Å². The zero-order chi connectivity index (χ0) is 16.4. The fraction of sp³-hybridized carbons (Fsp3) is 0.412. The fourth-order valence-corrected chi connectivity index (χ4v) is 3.00. The Morgan fingerprint density at radius 3 is 3.17 bits per heavy atom. The Hall–Kier alpha value is -2.54. The molecule has 0 radical (unpaired) electrons. The van der Waals surface area contributed by atoms with Gasteiger partial charge in [0.25, 0.3) is 0 Å². The largest absolute Gasteiger partial charge is 0.454 e. The molecule has 0 bridgehead atoms. The zero-order valence-corrected chi connectivity index (χ0v) is 13.4. The lowest BCUT2D eigenvalue weighted by atomic mass is 10.1. The monoisotopic (exact) mass is 328 g/mol. The average molecular weight is 328 g/mol. The van der Waals surface area contributed by atoms with Crippen molar-refractivity contribution < 1.29 is 14.3 Å². The third-order valence-electron chi connectivity index (χ3n) is 4.21. The smallest absolute Gasteiger partial charge is 0.231 e. The Kier molecular flexibility index (Phi) is 4.08. The van der Waals surface area contributed by atoms with Crippen LogP contribution in [0.5, 0.6) is 11.5 Å². The van der Waals surface area contributed by atoms with Crippen molar-refractivity contribution >= 4 is 5.91 Å². The molecule has 0 saturated carbocycles. The van der Waals surface area contributed by atoms with Crippen LogP contribution in [0.2, 0.25) is 0 Å². The van der Waals surface area contributed by atoms with Crippen molar-refractivity contribution in [2.24, 2.45) is 0 Å². The number of nitrogens with zero attached hydrogens (tertiary/aromatic N) is 2. The van der Waals surface area contributed by atoms with E-state index in [2.05, 4.69) is 21.8 Å². The summed E-state index contributed by atoms with van der Waals surface area (Å²) in [5, 5.41) is 10.9. The first kappa shape index (κ1) is 15.0. The van der Waals surface area contributed by atoms with Gasteiger partial charge in [0.1, 0.15) is 0 Å². The lowest BCUT2D eigenvalue weighted by Crippen LogP contribution is -2.24. The number of fused-ring (bicyclic) bond motifs is 2. The highest BCUT2D eigenvalue weighted by molar-refractivity contribution is 5.78. The van der Waals surface area contributed by atoms with Crippen molar-refractivity contribution in [1.82, 2.24) is 20.4 Å². The highest BCUT2D eigenvalue weighted by Crippen LogP contribution is 2.32. The van der Waals surface area contributed by atoms with Gasteiger partial charge in [-0.2, -0.15) is 5.10 Å². The van der Waals surface area contributed by atoms with Gasteiger partial charge in [-0.15, -0.1) is 0 Å². The van der Waals surface area contributed by atoms with Crippen LogP contribution in [0.15, 0.2) is 24.3 Å². The number of hydrogen-bond acceptors (Lipinski definition) is 5. The number of aryl methyl sites for hydroxylation is 1. The number of carbonyl (C=O) groups excluding carboxylic acids is 1. The average Bonchev–Trinajstić information content (AvgIpc) is 3.14. The minimum absolute atomic E-state index is 0.0322. The summed E-state index contributed by atoms with van der Waals surface area (Å²) in [6.07, 6.45) is 1.39. The van der Waals surface area contributed by atoms with E-state index in [1.165, 1.54) is 5.69 Å². The summed E-state index contributed by atoms with van der Waals surface area (Å²) in [6, 6.07) is 7.63. The van der Waals surface area contributed by atoms with E-state index in [1.54, 1.807) is 0 Å². The van der Waals surface area contributed by atoms with Crippen molar-refractivity contribution in [3.05, 3.63) is 41.2 Å². The SMILES string of the molecule is O=C(Cc1ccc2c(c1)OCO2)NCc1cc2n(n1)CCCNC2. The maximum atomic E-state index is 12.2. The minimum atomic E-state index is -0.0322. The molecule has 2 aliphatic heterocycles.